The van der Waals surface area contributed by atoms with E-state index in [9.17, 15) is 18.8 Å². The molecule has 1 heterocycles. The fourth-order valence-electron chi connectivity index (χ4n) is 3.30. The highest BCUT2D eigenvalue weighted by Crippen LogP contribution is 2.33. The van der Waals surface area contributed by atoms with E-state index in [-0.39, 0.29) is 36.6 Å². The Balaban J connectivity index is 1.62. The second-order valence-corrected chi connectivity index (χ2v) is 7.49. The summed E-state index contributed by atoms with van der Waals surface area (Å²) < 4.78 is 24.1. The highest BCUT2D eigenvalue weighted by Gasteiger charge is 2.26. The van der Waals surface area contributed by atoms with Crippen LogP contribution < -0.4 is 19.7 Å². The third kappa shape index (κ3) is 6.29. The molecule has 0 fully saturated rings. The predicted molar refractivity (Wildman–Crippen MR) is 118 cm³/mol. The lowest BCUT2D eigenvalue weighted by Gasteiger charge is -2.29. The SMILES string of the molecule is CCCCNC(=O)CCCN1C(=O)COc2ccc(C(=O)COc3cccc(F)c3)cc21. The van der Waals surface area contributed by atoms with Crippen molar-refractivity contribution in [2.45, 2.75) is 32.6 Å². The van der Waals surface area contributed by atoms with Gasteiger partial charge in [-0.3, -0.25) is 14.4 Å². The van der Waals surface area contributed by atoms with E-state index in [1.807, 2.05) is 0 Å². The number of fused-ring (bicyclic) bond motifs is 1. The van der Waals surface area contributed by atoms with Crippen molar-refractivity contribution in [3.05, 3.63) is 53.8 Å². The van der Waals surface area contributed by atoms with Crippen molar-refractivity contribution in [3.63, 3.8) is 0 Å². The molecule has 32 heavy (non-hydrogen) atoms. The molecule has 0 radical (unpaired) electrons. The van der Waals surface area contributed by atoms with E-state index in [1.54, 1.807) is 29.2 Å². The van der Waals surface area contributed by atoms with Crippen LogP contribution in [0.5, 0.6) is 11.5 Å². The number of nitrogens with zero attached hydrogens (tertiary/aromatic N) is 1. The standard InChI is InChI=1S/C24H27FN2O5/c1-2-3-11-26-23(29)8-5-12-27-20-13-17(9-10-22(20)32-16-24(27)30)21(28)15-31-19-7-4-6-18(25)14-19/h4,6-7,9-10,13-14H,2-3,5,8,11-12,15-16H2,1H3,(H,26,29). The molecule has 1 aliphatic heterocycles. The first-order chi connectivity index (χ1) is 15.5. The summed E-state index contributed by atoms with van der Waals surface area (Å²) in [6, 6.07) is 10.4. The Kier molecular flexibility index (Phi) is 8.19. The first kappa shape index (κ1) is 23.2. The van der Waals surface area contributed by atoms with Gasteiger partial charge in [0.15, 0.2) is 19.0 Å². The van der Waals surface area contributed by atoms with Gasteiger partial charge in [-0.15, -0.1) is 0 Å². The Labute approximate surface area is 186 Å². The summed E-state index contributed by atoms with van der Waals surface area (Å²) in [4.78, 5) is 38.5. The number of amides is 2. The molecule has 170 valence electrons. The maximum atomic E-state index is 13.3. The molecule has 0 aromatic heterocycles. The first-order valence-corrected chi connectivity index (χ1v) is 10.7. The molecular formula is C24H27FN2O5. The van der Waals surface area contributed by atoms with Crippen LogP contribution >= 0.6 is 0 Å². The number of halogens is 1. The van der Waals surface area contributed by atoms with Crippen molar-refractivity contribution >= 4 is 23.3 Å². The highest BCUT2D eigenvalue weighted by atomic mass is 19.1. The molecule has 0 bridgehead atoms. The Morgan fingerprint density at radius 3 is 2.81 bits per heavy atom. The highest BCUT2D eigenvalue weighted by molar-refractivity contribution is 6.02. The number of rotatable bonds is 11. The van der Waals surface area contributed by atoms with E-state index >= 15 is 0 Å². The summed E-state index contributed by atoms with van der Waals surface area (Å²) in [6.07, 6.45) is 2.74. The van der Waals surface area contributed by atoms with Crippen LogP contribution in [0, 0.1) is 5.82 Å². The molecule has 1 N–H and O–H groups in total. The molecule has 0 spiro atoms. The average Bonchev–Trinajstić information content (AvgIpc) is 2.79. The average molecular weight is 442 g/mol. The van der Waals surface area contributed by atoms with E-state index in [1.165, 1.54) is 18.2 Å². The minimum absolute atomic E-state index is 0.0437. The number of benzene rings is 2. The predicted octanol–water partition coefficient (Wildman–Crippen LogP) is 3.51. The fourth-order valence-corrected chi connectivity index (χ4v) is 3.30. The van der Waals surface area contributed by atoms with Gasteiger partial charge in [-0.25, -0.2) is 4.39 Å². The number of ketones is 1. The Morgan fingerprint density at radius 2 is 2.03 bits per heavy atom. The van der Waals surface area contributed by atoms with Crippen molar-refractivity contribution < 1.29 is 28.2 Å². The van der Waals surface area contributed by atoms with Gasteiger partial charge in [0.2, 0.25) is 5.91 Å². The zero-order valence-corrected chi connectivity index (χ0v) is 18.1. The van der Waals surface area contributed by atoms with Crippen LogP contribution in [0.2, 0.25) is 0 Å². The maximum Gasteiger partial charge on any atom is 0.265 e. The Bertz CT molecular complexity index is 979. The lowest BCUT2D eigenvalue weighted by atomic mass is 10.1. The number of hydrogen-bond donors (Lipinski definition) is 1. The molecule has 7 nitrogen and oxygen atoms in total. The largest absolute Gasteiger partial charge is 0.485 e. The van der Waals surface area contributed by atoms with Gasteiger partial charge in [-0.05, 0) is 43.2 Å². The molecule has 0 saturated carbocycles. The van der Waals surface area contributed by atoms with Crippen molar-refractivity contribution in [2.75, 3.05) is 31.2 Å². The lowest BCUT2D eigenvalue weighted by Crippen LogP contribution is -2.40. The summed E-state index contributed by atoms with van der Waals surface area (Å²) in [7, 11) is 0. The summed E-state index contributed by atoms with van der Waals surface area (Å²) >= 11 is 0. The zero-order valence-electron chi connectivity index (χ0n) is 18.1. The molecule has 3 rings (SSSR count). The number of Topliss-reactive ketones (excluding diaryl/α,β-unsaturated/α-hetero) is 1. The minimum Gasteiger partial charge on any atom is -0.485 e. The third-order valence-corrected chi connectivity index (χ3v) is 5.03. The monoisotopic (exact) mass is 442 g/mol. The van der Waals surface area contributed by atoms with Gasteiger partial charge in [0.05, 0.1) is 5.69 Å². The summed E-state index contributed by atoms with van der Waals surface area (Å²) in [5.74, 6) is -0.282. The second kappa shape index (κ2) is 11.3. The van der Waals surface area contributed by atoms with Gasteiger partial charge < -0.3 is 19.7 Å². The molecule has 2 amide bonds. The van der Waals surface area contributed by atoms with Crippen LogP contribution in [-0.2, 0) is 9.59 Å². The summed E-state index contributed by atoms with van der Waals surface area (Å²) in [5.41, 5.74) is 0.838. The van der Waals surface area contributed by atoms with Crippen LogP contribution in [0.4, 0.5) is 10.1 Å². The topological polar surface area (TPSA) is 84.9 Å². The maximum absolute atomic E-state index is 13.3. The number of hydrogen-bond acceptors (Lipinski definition) is 5. The van der Waals surface area contributed by atoms with Crippen LogP contribution in [0.15, 0.2) is 42.5 Å². The van der Waals surface area contributed by atoms with E-state index in [0.717, 1.165) is 12.8 Å². The third-order valence-electron chi connectivity index (χ3n) is 5.03. The van der Waals surface area contributed by atoms with Crippen LogP contribution in [0.1, 0.15) is 43.0 Å². The number of carbonyl (C=O) groups excluding carboxylic acids is 3. The minimum atomic E-state index is -0.450. The smallest absolute Gasteiger partial charge is 0.265 e. The fraction of sp³-hybridized carbons (Fsp3) is 0.375. The summed E-state index contributed by atoms with van der Waals surface area (Å²) in [6.45, 7) is 2.69. The van der Waals surface area contributed by atoms with Gasteiger partial charge in [0, 0.05) is 31.1 Å². The number of anilines is 1. The van der Waals surface area contributed by atoms with Crippen molar-refractivity contribution in [1.82, 2.24) is 5.32 Å². The van der Waals surface area contributed by atoms with Gasteiger partial charge in [-0.2, -0.15) is 0 Å². The lowest BCUT2D eigenvalue weighted by molar-refractivity contribution is -0.122. The quantitative estimate of drug-likeness (QED) is 0.425. The van der Waals surface area contributed by atoms with Crippen molar-refractivity contribution in [3.8, 4) is 11.5 Å². The van der Waals surface area contributed by atoms with E-state index in [0.29, 0.717) is 42.9 Å². The molecule has 2 aromatic carbocycles. The van der Waals surface area contributed by atoms with Crippen molar-refractivity contribution in [2.24, 2.45) is 0 Å². The second-order valence-electron chi connectivity index (χ2n) is 7.49. The van der Waals surface area contributed by atoms with Gasteiger partial charge in [0.1, 0.15) is 17.3 Å². The Hall–Kier alpha value is -3.42. The van der Waals surface area contributed by atoms with Gasteiger partial charge >= 0.3 is 0 Å². The van der Waals surface area contributed by atoms with E-state index in [2.05, 4.69) is 12.2 Å². The normalized spacial score (nSPS) is 12.7. The number of unbranched alkanes of at least 4 members (excludes halogenated alkanes) is 1. The van der Waals surface area contributed by atoms with E-state index < -0.39 is 5.82 Å². The molecule has 8 heteroatoms. The number of carbonyl (C=O) groups is 3. The van der Waals surface area contributed by atoms with Crippen molar-refractivity contribution in [1.29, 1.82) is 0 Å². The van der Waals surface area contributed by atoms with Gasteiger partial charge in [0.25, 0.3) is 5.91 Å². The van der Waals surface area contributed by atoms with Crippen LogP contribution in [0.3, 0.4) is 0 Å². The van der Waals surface area contributed by atoms with Gasteiger partial charge in [-0.1, -0.05) is 19.4 Å². The number of nitrogens with one attached hydrogen (secondary N) is 1. The molecule has 2 aromatic rings. The zero-order chi connectivity index (χ0) is 22.9. The first-order valence-electron chi connectivity index (χ1n) is 10.7. The van der Waals surface area contributed by atoms with Crippen LogP contribution in [-0.4, -0.2) is 43.9 Å². The van der Waals surface area contributed by atoms with Crippen LogP contribution in [0.25, 0.3) is 0 Å². The Morgan fingerprint density at radius 1 is 1.19 bits per heavy atom. The molecule has 0 aliphatic carbocycles. The molecule has 0 atom stereocenters. The molecule has 0 saturated heterocycles. The molecule has 0 unspecified atom stereocenters. The van der Waals surface area contributed by atoms with E-state index in [4.69, 9.17) is 9.47 Å². The summed E-state index contributed by atoms with van der Waals surface area (Å²) in [5, 5.41) is 2.86. The molecular weight excluding hydrogens is 415 g/mol. The number of ether oxygens (including phenoxy) is 2. The molecule has 1 aliphatic rings.